The molecule has 0 N–H and O–H groups in total. The predicted octanol–water partition coefficient (Wildman–Crippen LogP) is 3.63. The number of carbonyl (C=O) groups excluding carboxylic acids is 2. The van der Waals surface area contributed by atoms with Gasteiger partial charge in [-0.2, -0.15) is 0 Å². The molecule has 0 aromatic heterocycles. The van der Waals surface area contributed by atoms with Gasteiger partial charge in [-0.1, -0.05) is 44.2 Å². The van der Waals surface area contributed by atoms with Crippen LogP contribution in [0.3, 0.4) is 0 Å². The van der Waals surface area contributed by atoms with E-state index in [0.29, 0.717) is 25.4 Å². The Bertz CT molecular complexity index is 631. The summed E-state index contributed by atoms with van der Waals surface area (Å²) in [5.74, 6) is 0.878. The molecular formula is C21H30N2O2. The molecule has 25 heavy (non-hydrogen) atoms. The lowest BCUT2D eigenvalue weighted by Crippen LogP contribution is -2.68. The fraction of sp³-hybridized carbons (Fsp3) is 0.619. The van der Waals surface area contributed by atoms with E-state index in [1.54, 1.807) is 0 Å². The summed E-state index contributed by atoms with van der Waals surface area (Å²) in [6.45, 7) is 9.72. The number of amides is 2. The minimum absolute atomic E-state index is 0.142. The van der Waals surface area contributed by atoms with Crippen LogP contribution in [0.15, 0.2) is 30.3 Å². The van der Waals surface area contributed by atoms with Crippen molar-refractivity contribution in [1.82, 2.24) is 9.80 Å². The average molecular weight is 342 g/mol. The second kappa shape index (κ2) is 6.81. The zero-order chi connectivity index (χ0) is 18.2. The van der Waals surface area contributed by atoms with E-state index in [2.05, 4.69) is 39.8 Å². The van der Waals surface area contributed by atoms with Crippen molar-refractivity contribution in [3.8, 4) is 0 Å². The molecule has 0 aliphatic carbocycles. The molecule has 2 fully saturated rings. The first-order valence-electron chi connectivity index (χ1n) is 9.52. The summed E-state index contributed by atoms with van der Waals surface area (Å²) in [4.78, 5) is 29.4. The van der Waals surface area contributed by atoms with Gasteiger partial charge in [-0.3, -0.25) is 9.59 Å². The normalized spacial score (nSPS) is 22.6. The monoisotopic (exact) mass is 342 g/mol. The summed E-state index contributed by atoms with van der Waals surface area (Å²) in [6.07, 6.45) is 2.15. The average Bonchev–Trinajstić information content (AvgIpc) is 2.59. The van der Waals surface area contributed by atoms with Gasteiger partial charge in [0.15, 0.2) is 0 Å². The third-order valence-electron chi connectivity index (χ3n) is 5.72. The van der Waals surface area contributed by atoms with Crippen LogP contribution in [0.1, 0.15) is 58.6 Å². The van der Waals surface area contributed by atoms with E-state index in [1.807, 2.05) is 28.0 Å². The van der Waals surface area contributed by atoms with E-state index in [4.69, 9.17) is 0 Å². The summed E-state index contributed by atoms with van der Waals surface area (Å²) >= 11 is 0. The summed E-state index contributed by atoms with van der Waals surface area (Å²) in [5, 5.41) is 0. The van der Waals surface area contributed by atoms with Crippen LogP contribution in [0.4, 0.5) is 0 Å². The lowest BCUT2D eigenvalue weighted by molar-refractivity contribution is -0.186. The second-order valence-electron chi connectivity index (χ2n) is 8.25. The maximum Gasteiger partial charge on any atom is 0.232 e. The fourth-order valence-corrected chi connectivity index (χ4v) is 4.46. The van der Waals surface area contributed by atoms with Crippen LogP contribution in [0.25, 0.3) is 0 Å². The van der Waals surface area contributed by atoms with Crippen molar-refractivity contribution in [3.05, 3.63) is 35.9 Å². The van der Waals surface area contributed by atoms with Crippen LogP contribution in [-0.4, -0.2) is 40.7 Å². The van der Waals surface area contributed by atoms with Crippen molar-refractivity contribution in [2.75, 3.05) is 13.1 Å². The van der Waals surface area contributed by atoms with E-state index in [1.165, 1.54) is 5.56 Å². The molecule has 4 heteroatoms. The quantitative estimate of drug-likeness (QED) is 0.784. The zero-order valence-corrected chi connectivity index (χ0v) is 15.9. The Hall–Kier alpha value is -1.84. The Labute approximate surface area is 151 Å². The van der Waals surface area contributed by atoms with Crippen LogP contribution in [0.2, 0.25) is 0 Å². The zero-order valence-electron chi connectivity index (χ0n) is 15.9. The summed E-state index contributed by atoms with van der Waals surface area (Å²) in [6, 6.07) is 10.7. The topological polar surface area (TPSA) is 40.6 Å². The molecular weight excluding hydrogens is 312 g/mol. The van der Waals surface area contributed by atoms with Crippen molar-refractivity contribution in [2.24, 2.45) is 11.3 Å². The Morgan fingerprint density at radius 2 is 1.72 bits per heavy atom. The van der Waals surface area contributed by atoms with Gasteiger partial charge in [-0.25, -0.2) is 0 Å². The third kappa shape index (κ3) is 3.07. The molecule has 136 valence electrons. The Kier molecular flexibility index (Phi) is 4.90. The molecule has 0 bridgehead atoms. The smallest absolute Gasteiger partial charge is 0.232 e. The second-order valence-corrected chi connectivity index (χ2v) is 8.25. The number of benzene rings is 1. The summed E-state index contributed by atoms with van der Waals surface area (Å²) in [7, 11) is 0. The highest BCUT2D eigenvalue weighted by Crippen LogP contribution is 2.56. The van der Waals surface area contributed by atoms with E-state index in [0.717, 1.165) is 12.8 Å². The standard InChI is InChI=1S/C21H30N2O2/c1-15(2)14-18(24)22-12-10-21(11-13-22)19(17-8-6-5-7-9-17)23(16(3)4)20(21)25/h5-9,15-16,19H,10-14H2,1-4H3. The van der Waals surface area contributed by atoms with Crippen LogP contribution in [0.5, 0.6) is 0 Å². The number of likely N-dealkylation sites (tertiary alicyclic amines) is 2. The van der Waals surface area contributed by atoms with Crippen molar-refractivity contribution < 1.29 is 9.59 Å². The van der Waals surface area contributed by atoms with Crippen LogP contribution < -0.4 is 0 Å². The SMILES string of the molecule is CC(C)CC(=O)N1CCC2(CC1)C(=O)N(C(C)C)C2c1ccccc1. The Balaban J connectivity index is 1.79. The Morgan fingerprint density at radius 3 is 2.24 bits per heavy atom. The van der Waals surface area contributed by atoms with Crippen LogP contribution in [-0.2, 0) is 9.59 Å². The van der Waals surface area contributed by atoms with E-state index in [-0.39, 0.29) is 29.3 Å². The van der Waals surface area contributed by atoms with Crippen LogP contribution in [0, 0.1) is 11.3 Å². The van der Waals surface area contributed by atoms with Gasteiger partial charge in [0.1, 0.15) is 0 Å². The van der Waals surface area contributed by atoms with Gasteiger partial charge >= 0.3 is 0 Å². The minimum Gasteiger partial charge on any atom is -0.343 e. The first-order chi connectivity index (χ1) is 11.9. The number of hydrogen-bond acceptors (Lipinski definition) is 2. The number of nitrogens with zero attached hydrogens (tertiary/aromatic N) is 2. The highest BCUT2D eigenvalue weighted by Gasteiger charge is 2.62. The molecule has 4 nitrogen and oxygen atoms in total. The van der Waals surface area contributed by atoms with E-state index < -0.39 is 0 Å². The molecule has 1 aromatic carbocycles. The molecule has 2 aliphatic heterocycles. The number of carbonyl (C=O) groups is 2. The molecule has 1 atom stereocenters. The highest BCUT2D eigenvalue weighted by atomic mass is 16.2. The van der Waals surface area contributed by atoms with Gasteiger partial charge in [0.25, 0.3) is 0 Å². The first-order valence-corrected chi connectivity index (χ1v) is 9.52. The molecule has 1 spiro atoms. The summed E-state index contributed by atoms with van der Waals surface area (Å²) < 4.78 is 0. The van der Waals surface area contributed by atoms with Gasteiger partial charge in [0.2, 0.25) is 11.8 Å². The molecule has 0 radical (unpaired) electrons. The van der Waals surface area contributed by atoms with E-state index in [9.17, 15) is 9.59 Å². The molecule has 2 saturated heterocycles. The number of rotatable bonds is 4. The fourth-order valence-electron chi connectivity index (χ4n) is 4.46. The molecule has 0 saturated carbocycles. The molecule has 1 unspecified atom stereocenters. The molecule has 2 heterocycles. The third-order valence-corrected chi connectivity index (χ3v) is 5.72. The Morgan fingerprint density at radius 1 is 1.12 bits per heavy atom. The van der Waals surface area contributed by atoms with Gasteiger partial charge < -0.3 is 9.80 Å². The van der Waals surface area contributed by atoms with Crippen molar-refractivity contribution >= 4 is 11.8 Å². The lowest BCUT2D eigenvalue weighted by atomic mass is 9.61. The van der Waals surface area contributed by atoms with E-state index >= 15 is 0 Å². The van der Waals surface area contributed by atoms with Crippen molar-refractivity contribution in [1.29, 1.82) is 0 Å². The molecule has 2 aliphatic rings. The molecule has 1 aromatic rings. The number of β-lactam (4-membered cyclic amide) rings is 1. The van der Waals surface area contributed by atoms with Crippen molar-refractivity contribution in [3.63, 3.8) is 0 Å². The lowest BCUT2D eigenvalue weighted by Gasteiger charge is -2.60. The summed E-state index contributed by atoms with van der Waals surface area (Å²) in [5.41, 5.74) is 0.901. The largest absolute Gasteiger partial charge is 0.343 e. The maximum atomic E-state index is 13.0. The van der Waals surface area contributed by atoms with Gasteiger partial charge in [-0.15, -0.1) is 0 Å². The highest BCUT2D eigenvalue weighted by molar-refractivity contribution is 5.91. The maximum absolute atomic E-state index is 13.0. The van der Waals surface area contributed by atoms with Gasteiger partial charge in [0.05, 0.1) is 11.5 Å². The number of piperidine rings is 1. The first kappa shape index (κ1) is 18.0. The van der Waals surface area contributed by atoms with Gasteiger partial charge in [0, 0.05) is 25.6 Å². The minimum atomic E-state index is -0.319. The predicted molar refractivity (Wildman–Crippen MR) is 98.9 cm³/mol. The molecule has 3 rings (SSSR count). The number of hydrogen-bond donors (Lipinski definition) is 0. The molecule has 2 amide bonds. The van der Waals surface area contributed by atoms with Crippen LogP contribution >= 0.6 is 0 Å². The van der Waals surface area contributed by atoms with Gasteiger partial charge in [-0.05, 0) is 38.2 Å². The van der Waals surface area contributed by atoms with Crippen molar-refractivity contribution in [2.45, 2.75) is 59.0 Å².